The predicted octanol–water partition coefficient (Wildman–Crippen LogP) is 2.17. The Bertz CT molecular complexity index is 667. The van der Waals surface area contributed by atoms with E-state index in [1.165, 1.54) is 11.3 Å². The summed E-state index contributed by atoms with van der Waals surface area (Å²) in [4.78, 5) is 18.9. The molecule has 0 N–H and O–H groups in total. The van der Waals surface area contributed by atoms with E-state index in [-0.39, 0.29) is 11.9 Å². The predicted molar refractivity (Wildman–Crippen MR) is 79.8 cm³/mol. The fourth-order valence-electron chi connectivity index (χ4n) is 2.30. The monoisotopic (exact) mass is 322 g/mol. The maximum absolute atomic E-state index is 12.8. The lowest BCUT2D eigenvalue weighted by atomic mass is 10.2. The lowest BCUT2D eigenvalue weighted by molar-refractivity contribution is -0.0109. The Balaban J connectivity index is 1.84. The zero-order valence-electron chi connectivity index (χ0n) is 12.8. The molecule has 3 heterocycles. The summed E-state index contributed by atoms with van der Waals surface area (Å²) in [5, 5.41) is 10.6. The minimum Gasteiger partial charge on any atom is -0.423 e. The van der Waals surface area contributed by atoms with Gasteiger partial charge in [0.15, 0.2) is 0 Å². The summed E-state index contributed by atoms with van der Waals surface area (Å²) in [6.07, 6.45) is 0. The highest BCUT2D eigenvalue weighted by atomic mass is 32.1. The zero-order valence-corrected chi connectivity index (χ0v) is 13.6. The molecule has 0 aliphatic carbocycles. The maximum Gasteiger partial charge on any atom is 0.274 e. The van der Waals surface area contributed by atoms with Crippen LogP contribution in [0.25, 0.3) is 0 Å². The van der Waals surface area contributed by atoms with Crippen LogP contribution in [0, 0.1) is 6.92 Å². The molecule has 1 aliphatic rings. The molecule has 22 heavy (non-hydrogen) atoms. The Kier molecular flexibility index (Phi) is 4.21. The quantitative estimate of drug-likeness (QED) is 0.861. The van der Waals surface area contributed by atoms with Crippen LogP contribution in [0.3, 0.4) is 0 Å². The molecule has 1 fully saturated rings. The molecule has 0 spiro atoms. The summed E-state index contributed by atoms with van der Waals surface area (Å²) < 4.78 is 10.9. The maximum atomic E-state index is 12.8. The molecule has 1 aliphatic heterocycles. The van der Waals surface area contributed by atoms with Crippen molar-refractivity contribution in [3.8, 4) is 0 Å². The first kappa shape index (κ1) is 15.1. The van der Waals surface area contributed by atoms with E-state index in [0.717, 1.165) is 5.01 Å². The molecular formula is C14H18N4O3S. The fraction of sp³-hybridized carbons (Fsp3) is 0.571. The van der Waals surface area contributed by atoms with Gasteiger partial charge in [-0.1, -0.05) is 13.8 Å². The van der Waals surface area contributed by atoms with Gasteiger partial charge in [0, 0.05) is 24.8 Å². The average molecular weight is 322 g/mol. The van der Waals surface area contributed by atoms with E-state index in [4.69, 9.17) is 9.15 Å². The number of morpholine rings is 1. The van der Waals surface area contributed by atoms with E-state index in [1.54, 1.807) is 11.8 Å². The van der Waals surface area contributed by atoms with E-state index >= 15 is 0 Å². The number of aryl methyl sites for hydroxylation is 1. The summed E-state index contributed by atoms with van der Waals surface area (Å²) in [7, 11) is 0. The van der Waals surface area contributed by atoms with Gasteiger partial charge in [-0.2, -0.15) is 0 Å². The normalized spacial score (nSPS) is 18.9. The van der Waals surface area contributed by atoms with E-state index < -0.39 is 0 Å². The third-order valence-electron chi connectivity index (χ3n) is 3.45. The van der Waals surface area contributed by atoms with Crippen molar-refractivity contribution in [1.29, 1.82) is 0 Å². The van der Waals surface area contributed by atoms with Crippen LogP contribution in [0.1, 0.15) is 53.1 Å². The highest BCUT2D eigenvalue weighted by molar-refractivity contribution is 7.09. The molecule has 7 nitrogen and oxygen atoms in total. The Hall–Kier alpha value is -1.80. The molecule has 2 aromatic heterocycles. The largest absolute Gasteiger partial charge is 0.423 e. The van der Waals surface area contributed by atoms with E-state index in [0.29, 0.717) is 43.2 Å². The van der Waals surface area contributed by atoms with Crippen LogP contribution in [-0.2, 0) is 4.74 Å². The minimum atomic E-state index is -0.355. The zero-order chi connectivity index (χ0) is 15.7. The van der Waals surface area contributed by atoms with Crippen molar-refractivity contribution in [1.82, 2.24) is 20.1 Å². The SMILES string of the molecule is Cc1nnc([C@@H]2COCCN2C(=O)c2csc(C(C)C)n2)o1. The second-order valence-electron chi connectivity index (χ2n) is 5.47. The van der Waals surface area contributed by atoms with Crippen LogP contribution in [0.5, 0.6) is 0 Å². The van der Waals surface area contributed by atoms with Gasteiger partial charge in [-0.3, -0.25) is 4.79 Å². The summed E-state index contributed by atoms with van der Waals surface area (Å²) >= 11 is 1.51. The fourth-order valence-corrected chi connectivity index (χ4v) is 3.11. The standard InChI is InChI=1S/C14H18N4O3S/c1-8(2)13-15-10(7-22-13)14(19)18-4-5-20-6-11(18)12-17-16-9(3)21-12/h7-8,11H,4-6H2,1-3H3/t11-/m0/s1. The van der Waals surface area contributed by atoms with Crippen LogP contribution < -0.4 is 0 Å². The van der Waals surface area contributed by atoms with Gasteiger partial charge in [0.1, 0.15) is 11.7 Å². The summed E-state index contributed by atoms with van der Waals surface area (Å²) in [6, 6.07) is -0.355. The second kappa shape index (κ2) is 6.13. The molecule has 118 valence electrons. The smallest absolute Gasteiger partial charge is 0.274 e. The van der Waals surface area contributed by atoms with Crippen LogP contribution >= 0.6 is 11.3 Å². The molecule has 0 bridgehead atoms. The number of ether oxygens (including phenoxy) is 1. The van der Waals surface area contributed by atoms with Gasteiger partial charge in [0.25, 0.3) is 5.91 Å². The number of carbonyl (C=O) groups excluding carboxylic acids is 1. The molecule has 0 unspecified atom stereocenters. The first-order chi connectivity index (χ1) is 10.6. The number of rotatable bonds is 3. The van der Waals surface area contributed by atoms with Crippen molar-refractivity contribution in [2.45, 2.75) is 32.7 Å². The first-order valence-electron chi connectivity index (χ1n) is 7.20. The second-order valence-corrected chi connectivity index (χ2v) is 6.36. The summed E-state index contributed by atoms with van der Waals surface area (Å²) in [5.41, 5.74) is 0.469. The van der Waals surface area contributed by atoms with Crippen LogP contribution in [0.4, 0.5) is 0 Å². The van der Waals surface area contributed by atoms with Gasteiger partial charge in [-0.05, 0) is 0 Å². The molecular weight excluding hydrogens is 304 g/mol. The number of nitrogens with zero attached hydrogens (tertiary/aromatic N) is 4. The first-order valence-corrected chi connectivity index (χ1v) is 8.08. The van der Waals surface area contributed by atoms with Crippen LogP contribution in [0.15, 0.2) is 9.80 Å². The van der Waals surface area contributed by atoms with E-state index in [9.17, 15) is 4.79 Å². The molecule has 1 amide bonds. The van der Waals surface area contributed by atoms with Crippen molar-refractivity contribution >= 4 is 17.2 Å². The molecule has 3 rings (SSSR count). The van der Waals surface area contributed by atoms with E-state index in [1.807, 2.05) is 5.38 Å². The van der Waals surface area contributed by atoms with Crippen molar-refractivity contribution in [2.75, 3.05) is 19.8 Å². The number of hydrogen-bond donors (Lipinski definition) is 0. The average Bonchev–Trinajstić information content (AvgIpc) is 3.15. The Morgan fingerprint density at radius 3 is 2.91 bits per heavy atom. The van der Waals surface area contributed by atoms with Gasteiger partial charge in [-0.15, -0.1) is 21.5 Å². The Morgan fingerprint density at radius 1 is 1.45 bits per heavy atom. The van der Waals surface area contributed by atoms with Crippen LogP contribution in [-0.4, -0.2) is 45.7 Å². The minimum absolute atomic E-state index is 0.118. The number of amides is 1. The van der Waals surface area contributed by atoms with Crippen molar-refractivity contribution in [3.63, 3.8) is 0 Å². The number of hydrogen-bond acceptors (Lipinski definition) is 7. The Morgan fingerprint density at radius 2 is 2.27 bits per heavy atom. The molecule has 8 heteroatoms. The highest BCUT2D eigenvalue weighted by Crippen LogP contribution is 2.26. The van der Waals surface area contributed by atoms with Crippen molar-refractivity contribution in [3.05, 3.63) is 27.9 Å². The number of aromatic nitrogens is 3. The molecule has 0 saturated carbocycles. The topological polar surface area (TPSA) is 81.4 Å². The highest BCUT2D eigenvalue weighted by Gasteiger charge is 2.34. The van der Waals surface area contributed by atoms with E-state index in [2.05, 4.69) is 29.0 Å². The molecule has 0 aromatic carbocycles. The third kappa shape index (κ3) is 2.89. The van der Waals surface area contributed by atoms with Crippen LogP contribution in [0.2, 0.25) is 0 Å². The molecule has 0 radical (unpaired) electrons. The van der Waals surface area contributed by atoms with Gasteiger partial charge in [-0.25, -0.2) is 4.98 Å². The molecule has 2 aromatic rings. The van der Waals surface area contributed by atoms with Gasteiger partial charge in [0.2, 0.25) is 11.8 Å². The molecule has 1 saturated heterocycles. The number of thiazole rings is 1. The van der Waals surface area contributed by atoms with Gasteiger partial charge >= 0.3 is 0 Å². The third-order valence-corrected chi connectivity index (χ3v) is 4.60. The lowest BCUT2D eigenvalue weighted by Gasteiger charge is -2.32. The van der Waals surface area contributed by atoms with Gasteiger partial charge < -0.3 is 14.1 Å². The van der Waals surface area contributed by atoms with Crippen molar-refractivity contribution in [2.24, 2.45) is 0 Å². The van der Waals surface area contributed by atoms with Gasteiger partial charge in [0.05, 0.1) is 18.2 Å². The lowest BCUT2D eigenvalue weighted by Crippen LogP contribution is -2.43. The Labute approximate surface area is 132 Å². The summed E-state index contributed by atoms with van der Waals surface area (Å²) in [6.45, 7) is 7.18. The van der Waals surface area contributed by atoms with Crippen molar-refractivity contribution < 1.29 is 13.9 Å². The molecule has 1 atom stereocenters. The number of carbonyl (C=O) groups is 1. The summed E-state index contributed by atoms with van der Waals surface area (Å²) in [5.74, 6) is 1.08.